The zero-order chi connectivity index (χ0) is 20.2. The van der Waals surface area contributed by atoms with Crippen LogP contribution in [0.25, 0.3) is 0 Å². The van der Waals surface area contributed by atoms with Gasteiger partial charge in [-0.05, 0) is 42.7 Å². The lowest BCUT2D eigenvalue weighted by molar-refractivity contribution is 0.190. The number of aryl methyl sites for hydroxylation is 1. The molecule has 0 N–H and O–H groups in total. The highest BCUT2D eigenvalue weighted by Crippen LogP contribution is 2.36. The molecule has 0 aliphatic heterocycles. The Balaban J connectivity index is 1.89. The molecule has 1 aliphatic carbocycles. The third-order valence-corrected chi connectivity index (χ3v) is 6.22. The zero-order valence-electron chi connectivity index (χ0n) is 17.8. The number of nitrogens with zero attached hydrogens (tertiary/aromatic N) is 2. The average Bonchev–Trinajstić information content (AvgIpc) is 2.72. The van der Waals surface area contributed by atoms with Gasteiger partial charge in [0.25, 0.3) is 0 Å². The molecule has 1 aliphatic rings. The standard InChI is InChI=1S/C25H36N2O/c1-3-5-6-11-20-12-7-8-13-21(20)14-9-17-28-25-16-15-22(10-4-2)23(18-26)24(25)19-27/h15-16,20-21H,3-14,17H2,1-2H3. The van der Waals surface area contributed by atoms with Crippen LogP contribution in [0.4, 0.5) is 0 Å². The summed E-state index contributed by atoms with van der Waals surface area (Å²) in [7, 11) is 0. The van der Waals surface area contributed by atoms with E-state index in [-0.39, 0.29) is 0 Å². The van der Waals surface area contributed by atoms with Crippen LogP contribution >= 0.6 is 0 Å². The smallest absolute Gasteiger partial charge is 0.138 e. The Hall–Kier alpha value is -2.00. The second-order valence-electron chi connectivity index (χ2n) is 8.24. The lowest BCUT2D eigenvalue weighted by atomic mass is 9.74. The lowest BCUT2D eigenvalue weighted by Crippen LogP contribution is -2.20. The quantitative estimate of drug-likeness (QED) is 0.391. The minimum atomic E-state index is 0.406. The van der Waals surface area contributed by atoms with Crippen LogP contribution in [0.15, 0.2) is 12.1 Å². The van der Waals surface area contributed by atoms with E-state index in [1.165, 1.54) is 57.8 Å². The largest absolute Gasteiger partial charge is 0.492 e. The van der Waals surface area contributed by atoms with Crippen molar-refractivity contribution in [3.63, 3.8) is 0 Å². The summed E-state index contributed by atoms with van der Waals surface area (Å²) in [6.07, 6.45) is 15.0. The van der Waals surface area contributed by atoms with Crippen LogP contribution in [0.3, 0.4) is 0 Å². The number of nitriles is 2. The molecular formula is C25H36N2O. The van der Waals surface area contributed by atoms with Crippen molar-refractivity contribution in [2.24, 2.45) is 11.8 Å². The summed E-state index contributed by atoms with van der Waals surface area (Å²) in [5, 5.41) is 19.0. The number of unbranched alkanes of at least 4 members (excludes halogenated alkanes) is 2. The third-order valence-electron chi connectivity index (χ3n) is 6.22. The molecule has 0 heterocycles. The SMILES string of the molecule is CCCCCC1CCCCC1CCCOc1ccc(CCC)c(C#N)c1C#N. The van der Waals surface area contributed by atoms with Crippen molar-refractivity contribution in [1.82, 2.24) is 0 Å². The van der Waals surface area contributed by atoms with Crippen LogP contribution < -0.4 is 4.74 Å². The molecule has 152 valence electrons. The Bertz CT molecular complexity index is 683. The number of hydrogen-bond donors (Lipinski definition) is 0. The fraction of sp³-hybridized carbons (Fsp3) is 0.680. The minimum absolute atomic E-state index is 0.406. The Morgan fingerprint density at radius 3 is 2.18 bits per heavy atom. The number of ether oxygens (including phenoxy) is 1. The van der Waals surface area contributed by atoms with Crippen molar-refractivity contribution >= 4 is 0 Å². The van der Waals surface area contributed by atoms with E-state index in [0.29, 0.717) is 23.5 Å². The van der Waals surface area contributed by atoms with E-state index in [2.05, 4.69) is 26.0 Å². The van der Waals surface area contributed by atoms with Gasteiger partial charge in [0.05, 0.1) is 12.2 Å². The molecule has 0 saturated heterocycles. The fourth-order valence-corrected chi connectivity index (χ4v) is 4.69. The van der Waals surface area contributed by atoms with E-state index >= 15 is 0 Å². The summed E-state index contributed by atoms with van der Waals surface area (Å²) >= 11 is 0. The maximum atomic E-state index is 9.54. The van der Waals surface area contributed by atoms with Crippen LogP contribution in [0, 0.1) is 34.5 Å². The van der Waals surface area contributed by atoms with E-state index in [9.17, 15) is 10.5 Å². The van der Waals surface area contributed by atoms with Crippen molar-refractivity contribution in [3.8, 4) is 17.9 Å². The Morgan fingerprint density at radius 2 is 1.57 bits per heavy atom. The Labute approximate surface area is 171 Å². The van der Waals surface area contributed by atoms with E-state index < -0.39 is 0 Å². The molecule has 0 spiro atoms. The number of rotatable bonds is 11. The molecular weight excluding hydrogens is 344 g/mol. The average molecular weight is 381 g/mol. The second-order valence-corrected chi connectivity index (χ2v) is 8.24. The number of hydrogen-bond acceptors (Lipinski definition) is 3. The summed E-state index contributed by atoms with van der Waals surface area (Å²) in [4.78, 5) is 0. The molecule has 28 heavy (non-hydrogen) atoms. The molecule has 1 saturated carbocycles. The highest BCUT2D eigenvalue weighted by Gasteiger charge is 2.24. The maximum Gasteiger partial charge on any atom is 0.138 e. The van der Waals surface area contributed by atoms with Gasteiger partial charge in [0.1, 0.15) is 23.5 Å². The van der Waals surface area contributed by atoms with Gasteiger partial charge in [-0.3, -0.25) is 0 Å². The predicted molar refractivity (Wildman–Crippen MR) is 114 cm³/mol. The molecule has 2 rings (SSSR count). The molecule has 1 fully saturated rings. The van der Waals surface area contributed by atoms with Crippen LogP contribution in [0.2, 0.25) is 0 Å². The minimum Gasteiger partial charge on any atom is -0.492 e. The molecule has 2 atom stereocenters. The van der Waals surface area contributed by atoms with Crippen LogP contribution in [0.1, 0.15) is 101 Å². The highest BCUT2D eigenvalue weighted by molar-refractivity contribution is 5.57. The van der Waals surface area contributed by atoms with Crippen LogP contribution in [0.5, 0.6) is 5.75 Å². The molecule has 0 amide bonds. The first-order valence-electron chi connectivity index (χ1n) is 11.3. The van der Waals surface area contributed by atoms with Crippen LogP contribution in [-0.4, -0.2) is 6.61 Å². The predicted octanol–water partition coefficient (Wildman–Crippen LogP) is 6.93. The van der Waals surface area contributed by atoms with Gasteiger partial charge in [0.2, 0.25) is 0 Å². The topological polar surface area (TPSA) is 56.8 Å². The van der Waals surface area contributed by atoms with Gasteiger partial charge in [-0.1, -0.05) is 77.7 Å². The fourth-order valence-electron chi connectivity index (χ4n) is 4.69. The highest BCUT2D eigenvalue weighted by atomic mass is 16.5. The van der Waals surface area contributed by atoms with Gasteiger partial charge in [0.15, 0.2) is 0 Å². The molecule has 0 aromatic heterocycles. The Kier molecular flexibility index (Phi) is 9.92. The van der Waals surface area contributed by atoms with Gasteiger partial charge in [-0.25, -0.2) is 0 Å². The van der Waals surface area contributed by atoms with Gasteiger partial charge in [0, 0.05) is 0 Å². The maximum absolute atomic E-state index is 9.54. The molecule has 2 unspecified atom stereocenters. The van der Waals surface area contributed by atoms with E-state index in [1.807, 2.05) is 12.1 Å². The molecule has 0 bridgehead atoms. The molecule has 3 nitrogen and oxygen atoms in total. The first-order chi connectivity index (χ1) is 13.7. The first-order valence-corrected chi connectivity index (χ1v) is 11.3. The molecule has 1 aromatic carbocycles. The van der Waals surface area contributed by atoms with Crippen LogP contribution in [-0.2, 0) is 6.42 Å². The van der Waals surface area contributed by atoms with E-state index in [4.69, 9.17) is 4.74 Å². The van der Waals surface area contributed by atoms with E-state index in [0.717, 1.165) is 36.7 Å². The zero-order valence-corrected chi connectivity index (χ0v) is 17.8. The first kappa shape index (κ1) is 22.3. The van der Waals surface area contributed by atoms with Gasteiger partial charge < -0.3 is 4.74 Å². The van der Waals surface area contributed by atoms with Gasteiger partial charge >= 0.3 is 0 Å². The number of benzene rings is 1. The summed E-state index contributed by atoms with van der Waals surface area (Å²) in [5.41, 5.74) is 1.85. The second kappa shape index (κ2) is 12.5. The van der Waals surface area contributed by atoms with Gasteiger partial charge in [-0.2, -0.15) is 10.5 Å². The van der Waals surface area contributed by atoms with Gasteiger partial charge in [-0.15, -0.1) is 0 Å². The summed E-state index contributed by atoms with van der Waals surface area (Å²) in [6, 6.07) is 8.22. The van der Waals surface area contributed by atoms with Crippen molar-refractivity contribution < 1.29 is 4.74 Å². The summed E-state index contributed by atoms with van der Waals surface area (Å²) in [5.74, 6) is 2.31. The lowest BCUT2D eigenvalue weighted by Gasteiger charge is -2.31. The summed E-state index contributed by atoms with van der Waals surface area (Å²) in [6.45, 7) is 4.99. The third kappa shape index (κ3) is 6.27. The van der Waals surface area contributed by atoms with Crippen molar-refractivity contribution in [1.29, 1.82) is 10.5 Å². The van der Waals surface area contributed by atoms with Crippen molar-refractivity contribution in [2.75, 3.05) is 6.61 Å². The molecule has 0 radical (unpaired) electrons. The van der Waals surface area contributed by atoms with Crippen molar-refractivity contribution in [2.45, 2.75) is 90.9 Å². The molecule has 3 heteroatoms. The van der Waals surface area contributed by atoms with E-state index in [1.54, 1.807) is 0 Å². The van der Waals surface area contributed by atoms with Crippen molar-refractivity contribution in [3.05, 3.63) is 28.8 Å². The summed E-state index contributed by atoms with van der Waals surface area (Å²) < 4.78 is 5.95. The Morgan fingerprint density at radius 1 is 0.893 bits per heavy atom. The molecule has 1 aromatic rings. The normalized spacial score (nSPS) is 19.0. The monoisotopic (exact) mass is 380 g/mol.